The van der Waals surface area contributed by atoms with Gasteiger partial charge in [0.2, 0.25) is 0 Å². The summed E-state index contributed by atoms with van der Waals surface area (Å²) in [5, 5.41) is 1.69. The van der Waals surface area contributed by atoms with E-state index in [2.05, 4.69) is 62.3 Å². The van der Waals surface area contributed by atoms with E-state index >= 15 is 0 Å². The molecule has 35 heavy (non-hydrogen) atoms. The number of imidazole rings is 1. The fraction of sp³-hybridized carbons (Fsp3) is 0.500. The molecule has 2 fully saturated rings. The minimum absolute atomic E-state index is 0.114. The number of carbonyl (C=O) groups is 1. The maximum absolute atomic E-state index is 14.3. The number of rotatable bonds is 4. The summed E-state index contributed by atoms with van der Waals surface area (Å²) in [4.78, 5) is 26.5. The number of urea groups is 1. The van der Waals surface area contributed by atoms with E-state index in [1.165, 1.54) is 6.92 Å². The van der Waals surface area contributed by atoms with E-state index in [4.69, 9.17) is 4.98 Å². The van der Waals surface area contributed by atoms with Crippen LogP contribution in [0, 0.1) is 6.92 Å². The second kappa shape index (κ2) is 8.24. The first-order valence-electron chi connectivity index (χ1n) is 12.1. The molecule has 1 spiro atoms. The smallest absolute Gasteiger partial charge is 0.322 e. The highest BCUT2D eigenvalue weighted by Gasteiger charge is 2.52. The molecule has 186 valence electrons. The number of halogens is 1. The number of benzene rings is 1. The maximum Gasteiger partial charge on any atom is 0.322 e. The molecule has 1 aliphatic carbocycles. The summed E-state index contributed by atoms with van der Waals surface area (Å²) >= 11 is 0. The minimum atomic E-state index is -1.60. The van der Waals surface area contributed by atoms with Gasteiger partial charge in [-0.2, -0.15) is 0 Å². The summed E-state index contributed by atoms with van der Waals surface area (Å²) in [7, 11) is 8.51. The number of aromatic nitrogens is 3. The van der Waals surface area contributed by atoms with Gasteiger partial charge in [0.15, 0.2) is 5.41 Å². The van der Waals surface area contributed by atoms with Gasteiger partial charge in [-0.15, -0.1) is 0 Å². The Labute approximate surface area is 208 Å². The standard InChI is InChI=1S/C26H34FN6OP/c1-17-14-21(24(2,27)35)28-15-20(17)33-16-25(30-23(33)34)10-12-26(13-11-25,31(3)4)22-29-18-8-6-7-9-19(18)32(22)5/h6-9,14-15H,10-13,16,35H2,1-5H3,(H,30,34)/t24?,25-,26+. The van der Waals surface area contributed by atoms with Crippen molar-refractivity contribution in [3.05, 3.63) is 53.6 Å². The molecule has 1 saturated carbocycles. The number of hydrogen-bond acceptors (Lipinski definition) is 4. The quantitative estimate of drug-likeness (QED) is 0.537. The van der Waals surface area contributed by atoms with Crippen molar-refractivity contribution in [2.24, 2.45) is 7.05 Å². The summed E-state index contributed by atoms with van der Waals surface area (Å²) in [6.07, 6.45) is 5.08. The highest BCUT2D eigenvalue weighted by molar-refractivity contribution is 7.18. The average Bonchev–Trinajstić information content (AvgIpc) is 3.31. The molecule has 2 aliphatic rings. The molecule has 5 rings (SSSR count). The summed E-state index contributed by atoms with van der Waals surface area (Å²) in [5.41, 5.74) is 3.54. The van der Waals surface area contributed by atoms with Crippen molar-refractivity contribution < 1.29 is 9.18 Å². The van der Waals surface area contributed by atoms with Gasteiger partial charge < -0.3 is 9.88 Å². The van der Waals surface area contributed by atoms with E-state index in [1.807, 2.05) is 19.1 Å². The van der Waals surface area contributed by atoms with Gasteiger partial charge in [0.1, 0.15) is 5.82 Å². The topological polar surface area (TPSA) is 66.3 Å². The number of alkyl halides is 1. The molecule has 2 aromatic heterocycles. The Hall–Kier alpha value is -2.57. The van der Waals surface area contributed by atoms with Crippen molar-refractivity contribution in [1.82, 2.24) is 24.8 Å². The maximum atomic E-state index is 14.3. The van der Waals surface area contributed by atoms with Crippen LogP contribution in [-0.2, 0) is 18.0 Å². The molecule has 0 bridgehead atoms. The van der Waals surface area contributed by atoms with Crippen LogP contribution in [0.1, 0.15) is 49.7 Å². The van der Waals surface area contributed by atoms with E-state index in [-0.39, 0.29) is 17.1 Å². The lowest BCUT2D eigenvalue weighted by Gasteiger charge is -2.47. The molecule has 3 aromatic rings. The van der Waals surface area contributed by atoms with Crippen molar-refractivity contribution in [3.63, 3.8) is 0 Å². The van der Waals surface area contributed by atoms with Gasteiger partial charge >= 0.3 is 6.03 Å². The minimum Gasteiger partial charge on any atom is -0.330 e. The van der Waals surface area contributed by atoms with Gasteiger partial charge in [0.25, 0.3) is 0 Å². The molecular formula is C26H34FN6OP. The molecular weight excluding hydrogens is 462 g/mol. The third-order valence-electron chi connectivity index (χ3n) is 8.05. The second-order valence-electron chi connectivity index (χ2n) is 10.6. The van der Waals surface area contributed by atoms with E-state index in [1.54, 1.807) is 17.2 Å². The number of hydrogen-bond donors (Lipinski definition) is 1. The van der Waals surface area contributed by atoms with E-state index in [9.17, 15) is 9.18 Å². The van der Waals surface area contributed by atoms with Crippen LogP contribution in [0.15, 0.2) is 36.5 Å². The van der Waals surface area contributed by atoms with Gasteiger partial charge in [0, 0.05) is 7.05 Å². The monoisotopic (exact) mass is 496 g/mol. The first-order valence-corrected chi connectivity index (χ1v) is 12.7. The number of fused-ring (bicyclic) bond motifs is 1. The van der Waals surface area contributed by atoms with Crippen LogP contribution in [0.5, 0.6) is 0 Å². The molecule has 2 atom stereocenters. The van der Waals surface area contributed by atoms with Crippen molar-refractivity contribution >= 4 is 32.0 Å². The van der Waals surface area contributed by atoms with Crippen molar-refractivity contribution in [3.8, 4) is 0 Å². The summed E-state index contributed by atoms with van der Waals surface area (Å²) in [6, 6.07) is 9.86. The molecule has 0 radical (unpaired) electrons. The molecule has 1 aliphatic heterocycles. The molecule has 9 heteroatoms. The average molecular weight is 497 g/mol. The predicted octanol–water partition coefficient (Wildman–Crippen LogP) is 4.59. The third kappa shape index (κ3) is 3.91. The fourth-order valence-corrected chi connectivity index (χ4v) is 6.02. The van der Waals surface area contributed by atoms with E-state index in [0.717, 1.165) is 53.8 Å². The summed E-state index contributed by atoms with van der Waals surface area (Å²) < 4.78 is 16.6. The zero-order chi connectivity index (χ0) is 25.2. The number of nitrogens with zero attached hydrogens (tertiary/aromatic N) is 5. The first kappa shape index (κ1) is 24.1. The Morgan fingerprint density at radius 2 is 1.89 bits per heavy atom. The Balaban J connectivity index is 1.41. The normalized spacial score (nSPS) is 26.5. The van der Waals surface area contributed by atoms with Crippen LogP contribution in [0.25, 0.3) is 11.0 Å². The Morgan fingerprint density at radius 1 is 1.20 bits per heavy atom. The lowest BCUT2D eigenvalue weighted by Crippen LogP contribution is -2.54. The molecule has 1 aromatic carbocycles. The number of carbonyl (C=O) groups excluding carboxylic acids is 1. The number of para-hydroxylation sites is 2. The van der Waals surface area contributed by atoms with Gasteiger partial charge in [-0.3, -0.25) is 14.8 Å². The van der Waals surface area contributed by atoms with Crippen molar-refractivity contribution in [2.75, 3.05) is 25.5 Å². The lowest BCUT2D eigenvalue weighted by atomic mass is 9.71. The number of aryl methyl sites for hydroxylation is 2. The van der Waals surface area contributed by atoms with E-state index in [0.29, 0.717) is 12.2 Å². The largest absolute Gasteiger partial charge is 0.330 e. The molecule has 1 saturated heterocycles. The fourth-order valence-electron chi connectivity index (χ4n) is 5.86. The molecule has 2 amide bonds. The van der Waals surface area contributed by atoms with Gasteiger partial charge in [-0.1, -0.05) is 21.4 Å². The van der Waals surface area contributed by atoms with Gasteiger partial charge in [-0.25, -0.2) is 14.2 Å². The second-order valence-corrected chi connectivity index (χ2v) is 11.7. The van der Waals surface area contributed by atoms with Crippen LogP contribution in [0.4, 0.5) is 14.9 Å². The number of anilines is 1. The van der Waals surface area contributed by atoms with Gasteiger partial charge in [0.05, 0.1) is 46.2 Å². The molecule has 3 heterocycles. The Bertz CT molecular complexity index is 1290. The molecule has 2 unspecified atom stereocenters. The number of amides is 2. The Kier molecular flexibility index (Phi) is 5.68. The lowest BCUT2D eigenvalue weighted by molar-refractivity contribution is 0.0559. The van der Waals surface area contributed by atoms with Crippen LogP contribution in [0.2, 0.25) is 0 Å². The van der Waals surface area contributed by atoms with Crippen LogP contribution >= 0.6 is 9.24 Å². The highest BCUT2D eigenvalue weighted by atomic mass is 31.0. The van der Waals surface area contributed by atoms with Crippen LogP contribution < -0.4 is 10.2 Å². The zero-order valence-electron chi connectivity index (χ0n) is 21.1. The molecule has 7 nitrogen and oxygen atoms in total. The van der Waals surface area contributed by atoms with Crippen LogP contribution in [0.3, 0.4) is 0 Å². The van der Waals surface area contributed by atoms with Crippen LogP contribution in [-0.4, -0.2) is 51.6 Å². The third-order valence-corrected chi connectivity index (χ3v) is 8.34. The SMILES string of the molecule is Cc1cc(C(C)(F)P)ncc1N1C[C@]2(CC[C@](c3nc4ccccc4n3C)(N(C)C)CC2)NC1=O. The summed E-state index contributed by atoms with van der Waals surface area (Å²) in [5.74, 6) is 1.07. The number of pyridine rings is 1. The highest BCUT2D eigenvalue weighted by Crippen LogP contribution is 2.47. The molecule has 1 N–H and O–H groups in total. The first-order chi connectivity index (χ1) is 16.5. The van der Waals surface area contributed by atoms with Gasteiger partial charge in [-0.05, 0) is 77.4 Å². The van der Waals surface area contributed by atoms with Crippen molar-refractivity contribution in [1.29, 1.82) is 0 Å². The predicted molar refractivity (Wildman–Crippen MR) is 140 cm³/mol. The van der Waals surface area contributed by atoms with Crippen molar-refractivity contribution in [2.45, 2.75) is 56.0 Å². The summed E-state index contributed by atoms with van der Waals surface area (Å²) in [6.45, 7) is 3.94. The Morgan fingerprint density at radius 3 is 2.49 bits per heavy atom. The zero-order valence-corrected chi connectivity index (χ0v) is 22.3. The van der Waals surface area contributed by atoms with E-state index < -0.39 is 5.41 Å². The number of nitrogens with one attached hydrogen (secondary N) is 1.